The highest BCUT2D eigenvalue weighted by Gasteiger charge is 2.32. The monoisotopic (exact) mass is 348 g/mol. The smallest absolute Gasteiger partial charge is 0.124 e. The Bertz CT molecular complexity index is 406. The standard InChI is InChI=1S/C13H18FIN2/c1-13(2)8-16-6-5-12(13)17-11-4-3-9(14)7-10(11)15/h3-4,7,12,16-17H,5-6,8H2,1-2H3. The van der Waals surface area contributed by atoms with Crippen molar-refractivity contribution in [1.82, 2.24) is 5.32 Å². The van der Waals surface area contributed by atoms with Crippen molar-refractivity contribution in [2.75, 3.05) is 18.4 Å². The number of hydrogen-bond acceptors (Lipinski definition) is 2. The molecule has 2 N–H and O–H groups in total. The molecule has 1 atom stereocenters. The van der Waals surface area contributed by atoms with Gasteiger partial charge in [0.1, 0.15) is 5.82 Å². The molecular formula is C13H18FIN2. The zero-order valence-electron chi connectivity index (χ0n) is 10.2. The van der Waals surface area contributed by atoms with Crippen LogP contribution in [-0.4, -0.2) is 19.1 Å². The molecule has 94 valence electrons. The van der Waals surface area contributed by atoms with Gasteiger partial charge >= 0.3 is 0 Å². The Balaban J connectivity index is 2.14. The summed E-state index contributed by atoms with van der Waals surface area (Å²) in [6.07, 6.45) is 1.10. The van der Waals surface area contributed by atoms with Crippen LogP contribution >= 0.6 is 22.6 Å². The first-order valence-electron chi connectivity index (χ1n) is 5.91. The first-order valence-corrected chi connectivity index (χ1v) is 6.99. The fraction of sp³-hybridized carbons (Fsp3) is 0.538. The predicted molar refractivity (Wildman–Crippen MR) is 77.8 cm³/mol. The maximum atomic E-state index is 13.0. The molecule has 1 saturated heterocycles. The molecule has 1 fully saturated rings. The second-order valence-corrected chi connectivity index (χ2v) is 6.44. The van der Waals surface area contributed by atoms with Crippen LogP contribution in [-0.2, 0) is 0 Å². The molecule has 1 aromatic carbocycles. The van der Waals surface area contributed by atoms with Gasteiger partial charge in [0.05, 0.1) is 0 Å². The topological polar surface area (TPSA) is 24.1 Å². The summed E-state index contributed by atoms with van der Waals surface area (Å²) in [6.45, 7) is 6.57. The number of nitrogens with one attached hydrogen (secondary N) is 2. The van der Waals surface area contributed by atoms with E-state index in [4.69, 9.17) is 0 Å². The molecule has 0 radical (unpaired) electrons. The summed E-state index contributed by atoms with van der Waals surface area (Å²) in [4.78, 5) is 0. The maximum Gasteiger partial charge on any atom is 0.124 e. The Morgan fingerprint density at radius 2 is 2.24 bits per heavy atom. The van der Waals surface area contributed by atoms with Crippen molar-refractivity contribution in [1.29, 1.82) is 0 Å². The highest BCUT2D eigenvalue weighted by Crippen LogP contribution is 2.30. The lowest BCUT2D eigenvalue weighted by Gasteiger charge is -2.40. The van der Waals surface area contributed by atoms with Crippen LogP contribution in [0.2, 0.25) is 0 Å². The average molecular weight is 348 g/mol. The molecule has 0 amide bonds. The van der Waals surface area contributed by atoms with E-state index >= 15 is 0 Å². The van der Waals surface area contributed by atoms with Gasteiger partial charge in [-0.05, 0) is 59.2 Å². The number of rotatable bonds is 2. The van der Waals surface area contributed by atoms with E-state index in [2.05, 4.69) is 47.1 Å². The second kappa shape index (κ2) is 5.10. The van der Waals surface area contributed by atoms with Crippen LogP contribution in [0.3, 0.4) is 0 Å². The molecule has 1 aromatic rings. The van der Waals surface area contributed by atoms with Crippen molar-refractivity contribution < 1.29 is 4.39 Å². The van der Waals surface area contributed by atoms with Crippen LogP contribution in [0.1, 0.15) is 20.3 Å². The molecule has 2 nitrogen and oxygen atoms in total. The number of hydrogen-bond donors (Lipinski definition) is 2. The molecule has 1 aliphatic heterocycles. The van der Waals surface area contributed by atoms with Gasteiger partial charge in [-0.25, -0.2) is 4.39 Å². The van der Waals surface area contributed by atoms with E-state index in [0.29, 0.717) is 6.04 Å². The Labute approximate surface area is 116 Å². The Morgan fingerprint density at radius 3 is 2.88 bits per heavy atom. The first kappa shape index (κ1) is 13.1. The molecule has 0 aromatic heterocycles. The molecule has 17 heavy (non-hydrogen) atoms. The summed E-state index contributed by atoms with van der Waals surface area (Å²) in [5.74, 6) is -0.176. The van der Waals surface area contributed by atoms with Crippen LogP contribution in [0.5, 0.6) is 0 Å². The van der Waals surface area contributed by atoms with Crippen LogP contribution in [0, 0.1) is 14.8 Å². The Kier molecular flexibility index (Phi) is 3.92. The molecule has 2 rings (SSSR count). The minimum absolute atomic E-state index is 0.176. The van der Waals surface area contributed by atoms with E-state index < -0.39 is 0 Å². The lowest BCUT2D eigenvalue weighted by molar-refractivity contribution is 0.236. The number of benzene rings is 1. The number of halogens is 2. The van der Waals surface area contributed by atoms with Crippen LogP contribution in [0.25, 0.3) is 0 Å². The third kappa shape index (κ3) is 3.10. The predicted octanol–water partition coefficient (Wildman–Crippen LogP) is 3.23. The molecule has 1 aliphatic rings. The molecule has 0 aliphatic carbocycles. The zero-order chi connectivity index (χ0) is 12.5. The summed E-state index contributed by atoms with van der Waals surface area (Å²) in [5, 5.41) is 6.97. The summed E-state index contributed by atoms with van der Waals surface area (Å²) < 4.78 is 14.0. The average Bonchev–Trinajstić information content (AvgIpc) is 2.24. The van der Waals surface area contributed by atoms with Crippen LogP contribution in [0.4, 0.5) is 10.1 Å². The van der Waals surface area contributed by atoms with E-state index in [9.17, 15) is 4.39 Å². The van der Waals surface area contributed by atoms with Gasteiger partial charge in [0.15, 0.2) is 0 Å². The SMILES string of the molecule is CC1(C)CNCCC1Nc1ccc(F)cc1I. The molecular weight excluding hydrogens is 330 g/mol. The van der Waals surface area contributed by atoms with Crippen molar-refractivity contribution in [2.45, 2.75) is 26.3 Å². The van der Waals surface area contributed by atoms with Gasteiger partial charge in [0.25, 0.3) is 0 Å². The summed E-state index contributed by atoms with van der Waals surface area (Å²) >= 11 is 2.18. The second-order valence-electron chi connectivity index (χ2n) is 5.28. The fourth-order valence-electron chi connectivity index (χ4n) is 2.23. The van der Waals surface area contributed by atoms with Crippen LogP contribution < -0.4 is 10.6 Å². The highest BCUT2D eigenvalue weighted by atomic mass is 127. The largest absolute Gasteiger partial charge is 0.381 e. The fourth-order valence-corrected chi connectivity index (χ4v) is 2.87. The Morgan fingerprint density at radius 1 is 1.47 bits per heavy atom. The van der Waals surface area contributed by atoms with Gasteiger partial charge in [-0.15, -0.1) is 0 Å². The normalized spacial score (nSPS) is 23.4. The van der Waals surface area contributed by atoms with E-state index in [1.807, 2.05) is 6.07 Å². The molecule has 1 heterocycles. The van der Waals surface area contributed by atoms with Crippen molar-refractivity contribution >= 4 is 28.3 Å². The van der Waals surface area contributed by atoms with Gasteiger partial charge in [-0.3, -0.25) is 0 Å². The molecule has 0 spiro atoms. The third-order valence-electron chi connectivity index (χ3n) is 3.39. The van der Waals surface area contributed by atoms with Crippen molar-refractivity contribution in [2.24, 2.45) is 5.41 Å². The Hall–Kier alpha value is -0.360. The minimum atomic E-state index is -0.176. The molecule has 0 bridgehead atoms. The third-order valence-corrected chi connectivity index (χ3v) is 4.29. The number of anilines is 1. The van der Waals surface area contributed by atoms with Gasteiger partial charge in [0.2, 0.25) is 0 Å². The van der Waals surface area contributed by atoms with Gasteiger partial charge in [0, 0.05) is 21.8 Å². The maximum absolute atomic E-state index is 13.0. The lowest BCUT2D eigenvalue weighted by atomic mass is 9.80. The highest BCUT2D eigenvalue weighted by molar-refractivity contribution is 14.1. The quantitative estimate of drug-likeness (QED) is 0.802. The molecule has 4 heteroatoms. The number of piperidine rings is 1. The van der Waals surface area contributed by atoms with Crippen molar-refractivity contribution in [3.63, 3.8) is 0 Å². The van der Waals surface area contributed by atoms with E-state index in [0.717, 1.165) is 28.8 Å². The lowest BCUT2D eigenvalue weighted by Crippen LogP contribution is -2.49. The van der Waals surface area contributed by atoms with E-state index in [1.54, 1.807) is 6.07 Å². The van der Waals surface area contributed by atoms with E-state index in [1.165, 1.54) is 6.07 Å². The summed E-state index contributed by atoms with van der Waals surface area (Å²) in [7, 11) is 0. The molecule has 0 saturated carbocycles. The van der Waals surface area contributed by atoms with Crippen molar-refractivity contribution in [3.05, 3.63) is 27.6 Å². The van der Waals surface area contributed by atoms with Gasteiger partial charge in [-0.1, -0.05) is 13.8 Å². The van der Waals surface area contributed by atoms with Crippen molar-refractivity contribution in [3.8, 4) is 0 Å². The minimum Gasteiger partial charge on any atom is -0.381 e. The zero-order valence-corrected chi connectivity index (χ0v) is 12.3. The summed E-state index contributed by atoms with van der Waals surface area (Å²) in [6, 6.07) is 5.34. The molecule has 1 unspecified atom stereocenters. The van der Waals surface area contributed by atoms with Crippen LogP contribution in [0.15, 0.2) is 18.2 Å². The van der Waals surface area contributed by atoms with Gasteiger partial charge < -0.3 is 10.6 Å². The van der Waals surface area contributed by atoms with Gasteiger partial charge in [-0.2, -0.15) is 0 Å². The first-order chi connectivity index (χ1) is 7.99. The van der Waals surface area contributed by atoms with E-state index in [-0.39, 0.29) is 11.2 Å². The summed E-state index contributed by atoms with van der Waals surface area (Å²) in [5.41, 5.74) is 1.25.